The average molecular weight is 494 g/mol. The van der Waals surface area contributed by atoms with E-state index in [1.807, 2.05) is 50.2 Å². The second-order valence-corrected chi connectivity index (χ2v) is 9.79. The molecule has 2 fully saturated rings. The number of hydrogen-bond acceptors (Lipinski definition) is 5. The highest BCUT2D eigenvalue weighted by atomic mass is 16.2. The van der Waals surface area contributed by atoms with Gasteiger partial charge < -0.3 is 16.0 Å². The molecule has 36 heavy (non-hydrogen) atoms. The van der Waals surface area contributed by atoms with Gasteiger partial charge in [0.15, 0.2) is 0 Å². The van der Waals surface area contributed by atoms with Gasteiger partial charge in [0, 0.05) is 25.0 Å². The fourth-order valence-corrected chi connectivity index (χ4v) is 5.03. The number of imide groups is 1. The zero-order valence-electron chi connectivity index (χ0n) is 21.9. The highest BCUT2D eigenvalue weighted by molar-refractivity contribution is 6.11. The number of β-lactam (4-membered cyclic amide) rings is 1. The number of urea groups is 1. The molecule has 194 valence electrons. The molecule has 1 aliphatic carbocycles. The van der Waals surface area contributed by atoms with E-state index in [0.717, 1.165) is 41.0 Å². The second-order valence-electron chi connectivity index (χ2n) is 9.79. The van der Waals surface area contributed by atoms with Gasteiger partial charge >= 0.3 is 6.03 Å². The second kappa shape index (κ2) is 12.5. The summed E-state index contributed by atoms with van der Waals surface area (Å²) in [5, 5.41) is 3.04. The van der Waals surface area contributed by atoms with E-state index in [9.17, 15) is 14.4 Å². The van der Waals surface area contributed by atoms with E-state index in [0.29, 0.717) is 11.7 Å². The molecule has 4 rings (SSSR count). The molecule has 1 aromatic carbocycles. The molecule has 0 radical (unpaired) electrons. The van der Waals surface area contributed by atoms with Crippen molar-refractivity contribution in [1.29, 1.82) is 0 Å². The van der Waals surface area contributed by atoms with Crippen molar-refractivity contribution >= 4 is 29.4 Å². The Morgan fingerprint density at radius 3 is 2.42 bits per heavy atom. The molecule has 2 atom stereocenters. The van der Waals surface area contributed by atoms with Crippen LogP contribution in [0.5, 0.6) is 0 Å². The normalized spacial score (nSPS) is 18.4. The number of rotatable bonds is 5. The number of nitrogens with two attached hydrogens (primary N) is 1. The van der Waals surface area contributed by atoms with Crippen molar-refractivity contribution in [3.8, 4) is 0 Å². The van der Waals surface area contributed by atoms with Crippen LogP contribution < -0.4 is 16.0 Å². The molecule has 8 heteroatoms. The highest BCUT2D eigenvalue weighted by Gasteiger charge is 2.47. The summed E-state index contributed by atoms with van der Waals surface area (Å²) in [5.74, 6) is 0.537. The summed E-state index contributed by atoms with van der Waals surface area (Å²) < 4.78 is 0. The SMILES string of the molecule is CCC(NC(=O)N1C(=O)CC1C(=O)N(C)c1ccccc1C)C1CCCCC1.Cc1ccnc(N)c1. The predicted octanol–water partition coefficient (Wildman–Crippen LogP) is 4.60. The van der Waals surface area contributed by atoms with Crippen LogP contribution in [0.25, 0.3) is 0 Å². The Kier molecular flexibility index (Phi) is 9.44. The summed E-state index contributed by atoms with van der Waals surface area (Å²) in [6.45, 7) is 5.98. The van der Waals surface area contributed by atoms with Gasteiger partial charge in [-0.15, -0.1) is 0 Å². The van der Waals surface area contributed by atoms with Crippen LogP contribution in [0.15, 0.2) is 42.6 Å². The van der Waals surface area contributed by atoms with Crippen LogP contribution in [-0.2, 0) is 9.59 Å². The van der Waals surface area contributed by atoms with Crippen LogP contribution in [-0.4, -0.2) is 46.9 Å². The molecule has 4 amide bonds. The maximum Gasteiger partial charge on any atom is 0.325 e. The maximum absolute atomic E-state index is 12.9. The van der Waals surface area contributed by atoms with Crippen LogP contribution in [0.4, 0.5) is 16.3 Å². The smallest absolute Gasteiger partial charge is 0.325 e. The van der Waals surface area contributed by atoms with E-state index in [1.54, 1.807) is 18.1 Å². The first-order valence-corrected chi connectivity index (χ1v) is 12.9. The Morgan fingerprint density at radius 2 is 1.86 bits per heavy atom. The number of carbonyl (C=O) groups is 3. The quantitative estimate of drug-likeness (QED) is 0.592. The van der Waals surface area contributed by atoms with E-state index in [2.05, 4.69) is 17.2 Å². The number of aryl methyl sites for hydroxylation is 2. The van der Waals surface area contributed by atoms with Crippen LogP contribution in [0, 0.1) is 19.8 Å². The number of benzene rings is 1. The van der Waals surface area contributed by atoms with Crippen molar-refractivity contribution in [3.05, 3.63) is 53.7 Å². The van der Waals surface area contributed by atoms with Gasteiger partial charge in [-0.2, -0.15) is 0 Å². The van der Waals surface area contributed by atoms with Crippen molar-refractivity contribution in [2.45, 2.75) is 77.8 Å². The lowest BCUT2D eigenvalue weighted by atomic mass is 9.83. The van der Waals surface area contributed by atoms with Gasteiger partial charge in [0.05, 0.1) is 6.42 Å². The van der Waals surface area contributed by atoms with E-state index in [4.69, 9.17) is 5.73 Å². The monoisotopic (exact) mass is 493 g/mol. The number of pyridine rings is 1. The van der Waals surface area contributed by atoms with Gasteiger partial charge in [0.25, 0.3) is 5.91 Å². The van der Waals surface area contributed by atoms with E-state index < -0.39 is 12.1 Å². The molecule has 2 unspecified atom stereocenters. The first kappa shape index (κ1) is 27.2. The van der Waals surface area contributed by atoms with Gasteiger partial charge in [-0.25, -0.2) is 9.78 Å². The molecule has 2 heterocycles. The number of anilines is 2. The summed E-state index contributed by atoms with van der Waals surface area (Å²) in [6, 6.07) is 10.3. The highest BCUT2D eigenvalue weighted by Crippen LogP contribution is 2.29. The summed E-state index contributed by atoms with van der Waals surface area (Å²) in [4.78, 5) is 44.4. The summed E-state index contributed by atoms with van der Waals surface area (Å²) in [5.41, 5.74) is 8.27. The zero-order chi connectivity index (χ0) is 26.2. The van der Waals surface area contributed by atoms with Crippen LogP contribution in [0.3, 0.4) is 0 Å². The predicted molar refractivity (Wildman–Crippen MR) is 142 cm³/mol. The van der Waals surface area contributed by atoms with Crippen LogP contribution >= 0.6 is 0 Å². The molecular weight excluding hydrogens is 454 g/mol. The van der Waals surface area contributed by atoms with Gasteiger partial charge in [0.1, 0.15) is 11.9 Å². The summed E-state index contributed by atoms with van der Waals surface area (Å²) in [7, 11) is 1.69. The number of likely N-dealkylation sites (N-methyl/N-ethyl adjacent to an activating group) is 1. The molecule has 8 nitrogen and oxygen atoms in total. The van der Waals surface area contributed by atoms with Gasteiger partial charge in [0.2, 0.25) is 5.91 Å². The summed E-state index contributed by atoms with van der Waals surface area (Å²) in [6.07, 6.45) is 8.50. The molecule has 2 aliphatic rings. The lowest BCUT2D eigenvalue weighted by Crippen LogP contribution is -2.65. The minimum atomic E-state index is -0.721. The van der Waals surface area contributed by atoms with Crippen LogP contribution in [0.2, 0.25) is 0 Å². The van der Waals surface area contributed by atoms with Crippen molar-refractivity contribution in [1.82, 2.24) is 15.2 Å². The van der Waals surface area contributed by atoms with Crippen molar-refractivity contribution in [3.63, 3.8) is 0 Å². The number of aromatic nitrogens is 1. The Hall–Kier alpha value is -3.42. The lowest BCUT2D eigenvalue weighted by Gasteiger charge is -2.41. The molecular formula is C28H39N5O3. The van der Waals surface area contributed by atoms with Gasteiger partial charge in [-0.05, 0) is 68.4 Å². The number of likely N-dealkylation sites (tertiary alicyclic amines) is 1. The Bertz CT molecular complexity index is 1050. The number of hydrogen-bond donors (Lipinski definition) is 2. The third-order valence-corrected chi connectivity index (χ3v) is 7.16. The first-order chi connectivity index (χ1) is 17.2. The number of carbonyl (C=O) groups excluding carboxylic acids is 3. The Morgan fingerprint density at radius 1 is 1.17 bits per heavy atom. The molecule has 2 aromatic rings. The number of nitrogens with zero attached hydrogens (tertiary/aromatic N) is 3. The average Bonchev–Trinajstić information content (AvgIpc) is 2.86. The Balaban J connectivity index is 0.000000383. The van der Waals surface area contributed by atoms with Crippen molar-refractivity contribution in [2.75, 3.05) is 17.7 Å². The molecule has 1 aliphatic heterocycles. The van der Waals surface area contributed by atoms with E-state index in [-0.39, 0.29) is 24.3 Å². The van der Waals surface area contributed by atoms with Gasteiger partial charge in [-0.3, -0.25) is 14.5 Å². The van der Waals surface area contributed by atoms with Crippen molar-refractivity contribution < 1.29 is 14.4 Å². The fourth-order valence-electron chi connectivity index (χ4n) is 5.03. The minimum Gasteiger partial charge on any atom is -0.384 e. The largest absolute Gasteiger partial charge is 0.384 e. The third kappa shape index (κ3) is 6.62. The topological polar surface area (TPSA) is 109 Å². The lowest BCUT2D eigenvalue weighted by molar-refractivity contribution is -0.147. The number of amides is 4. The number of nitrogens with one attached hydrogen (secondary N) is 1. The Labute approximate surface area is 214 Å². The first-order valence-electron chi connectivity index (χ1n) is 12.9. The van der Waals surface area contributed by atoms with E-state index in [1.165, 1.54) is 19.3 Å². The molecule has 0 spiro atoms. The minimum absolute atomic E-state index is 0.0612. The van der Waals surface area contributed by atoms with E-state index >= 15 is 0 Å². The maximum atomic E-state index is 12.9. The molecule has 1 aromatic heterocycles. The van der Waals surface area contributed by atoms with Gasteiger partial charge in [-0.1, -0.05) is 44.4 Å². The number of nitrogen functional groups attached to an aromatic ring is 1. The van der Waals surface area contributed by atoms with Crippen molar-refractivity contribution in [2.24, 2.45) is 5.92 Å². The number of para-hydroxylation sites is 1. The standard InChI is InChI=1S/C22H31N3O3.C6H8N2/c1-4-17(16-11-6-5-7-12-16)23-22(28)25-19(14-20(25)26)21(27)24(3)18-13-9-8-10-15(18)2;1-5-2-3-8-6(7)4-5/h8-10,13,16-17,19H,4-7,11-12,14H2,1-3H3,(H,23,28);2-4H,1H3,(H2,7,8). The van der Waals surface area contributed by atoms with Crippen LogP contribution in [0.1, 0.15) is 63.0 Å². The molecule has 1 saturated carbocycles. The third-order valence-electron chi connectivity index (χ3n) is 7.16. The molecule has 3 N–H and O–H groups in total. The molecule has 1 saturated heterocycles. The molecule has 0 bridgehead atoms. The summed E-state index contributed by atoms with van der Waals surface area (Å²) >= 11 is 0. The zero-order valence-corrected chi connectivity index (χ0v) is 21.9. The fraction of sp³-hybridized carbons (Fsp3) is 0.500.